The molecule has 0 fully saturated rings. The van der Waals surface area contributed by atoms with Crippen LogP contribution in [0.5, 0.6) is 0 Å². The van der Waals surface area contributed by atoms with Crippen molar-refractivity contribution in [2.45, 2.75) is 11.8 Å². The van der Waals surface area contributed by atoms with Gasteiger partial charge in [-0.2, -0.15) is 0 Å². The molecular formula is C52H42. The molecule has 52 heavy (non-hydrogen) atoms. The Kier molecular flexibility index (Phi) is 11.4. The van der Waals surface area contributed by atoms with E-state index in [0.717, 1.165) is 0 Å². The first-order valence-electron chi connectivity index (χ1n) is 18.0. The van der Waals surface area contributed by atoms with Crippen molar-refractivity contribution in [3.8, 4) is 0 Å². The van der Waals surface area contributed by atoms with Crippen molar-refractivity contribution >= 4 is 11.1 Å². The molecule has 0 radical (unpaired) electrons. The van der Waals surface area contributed by atoms with Gasteiger partial charge in [-0.1, -0.05) is 243 Å². The lowest BCUT2D eigenvalue weighted by molar-refractivity contribution is 0.694. The van der Waals surface area contributed by atoms with Crippen LogP contribution in [0, 0.1) is 0 Å². The molecule has 0 spiro atoms. The molecule has 0 saturated heterocycles. The van der Waals surface area contributed by atoms with E-state index in [1.807, 2.05) is 0 Å². The summed E-state index contributed by atoms with van der Waals surface area (Å²) >= 11 is 0. The molecule has 8 aromatic rings. The van der Waals surface area contributed by atoms with Crippen molar-refractivity contribution in [1.29, 1.82) is 0 Å². The van der Waals surface area contributed by atoms with Crippen LogP contribution >= 0.6 is 0 Å². The quantitative estimate of drug-likeness (QED) is 0.135. The number of rotatable bonds is 9. The lowest BCUT2D eigenvalue weighted by Crippen LogP contribution is -2.14. The Labute approximate surface area is 309 Å². The summed E-state index contributed by atoms with van der Waals surface area (Å²) in [6.45, 7) is 0. The standard InChI is InChI=1S/C26H22.C26H20/c2*1-5-13-21(14-6-1)25(22-15-7-2-8-16-22)26(23-17-9-3-10-18-23)24-19-11-4-12-20-24/h1-20,25-26H;1-20H. The topological polar surface area (TPSA) is 0 Å². The van der Waals surface area contributed by atoms with E-state index in [1.54, 1.807) is 0 Å². The molecule has 0 saturated carbocycles. The molecule has 0 amide bonds. The van der Waals surface area contributed by atoms with Gasteiger partial charge >= 0.3 is 0 Å². The van der Waals surface area contributed by atoms with Crippen LogP contribution in [0.1, 0.15) is 56.3 Å². The van der Waals surface area contributed by atoms with Crippen LogP contribution in [0.25, 0.3) is 11.1 Å². The third-order valence-electron chi connectivity index (χ3n) is 9.47. The van der Waals surface area contributed by atoms with E-state index in [1.165, 1.54) is 55.7 Å². The molecule has 0 unspecified atom stereocenters. The lowest BCUT2D eigenvalue weighted by atomic mass is 9.74. The number of hydrogen-bond donors (Lipinski definition) is 0. The van der Waals surface area contributed by atoms with Gasteiger partial charge in [-0.15, -0.1) is 0 Å². The Morgan fingerprint density at radius 2 is 0.346 bits per heavy atom. The fourth-order valence-corrected chi connectivity index (χ4v) is 7.13. The molecule has 0 bridgehead atoms. The average molecular weight is 667 g/mol. The van der Waals surface area contributed by atoms with Crippen molar-refractivity contribution in [1.82, 2.24) is 0 Å². The molecule has 0 N–H and O–H groups in total. The summed E-state index contributed by atoms with van der Waals surface area (Å²) in [6, 6.07) is 86.0. The summed E-state index contributed by atoms with van der Waals surface area (Å²) in [5.74, 6) is 0.532. The molecule has 0 heterocycles. The molecule has 0 aliphatic rings. The van der Waals surface area contributed by atoms with E-state index < -0.39 is 0 Å². The molecule has 250 valence electrons. The van der Waals surface area contributed by atoms with Gasteiger partial charge in [-0.3, -0.25) is 0 Å². The Morgan fingerprint density at radius 3 is 0.519 bits per heavy atom. The van der Waals surface area contributed by atoms with Gasteiger partial charge in [0, 0.05) is 11.8 Å². The van der Waals surface area contributed by atoms with Crippen LogP contribution in [-0.2, 0) is 0 Å². The lowest BCUT2D eigenvalue weighted by Gasteiger charge is -2.29. The largest absolute Gasteiger partial charge is 0.0622 e. The predicted molar refractivity (Wildman–Crippen MR) is 220 cm³/mol. The van der Waals surface area contributed by atoms with E-state index in [4.69, 9.17) is 0 Å². The molecule has 0 aliphatic carbocycles. The van der Waals surface area contributed by atoms with Crippen molar-refractivity contribution in [3.05, 3.63) is 287 Å². The first-order valence-corrected chi connectivity index (χ1v) is 18.0. The van der Waals surface area contributed by atoms with Gasteiger partial charge in [0.05, 0.1) is 0 Å². The maximum atomic E-state index is 2.25. The first-order chi connectivity index (χ1) is 25.9. The molecule has 0 nitrogen and oxygen atoms in total. The molecule has 0 heteroatoms. The van der Waals surface area contributed by atoms with Crippen LogP contribution in [0.15, 0.2) is 243 Å². The van der Waals surface area contributed by atoms with E-state index in [0.29, 0.717) is 0 Å². The van der Waals surface area contributed by atoms with Crippen LogP contribution < -0.4 is 0 Å². The van der Waals surface area contributed by atoms with Gasteiger partial charge in [0.25, 0.3) is 0 Å². The fraction of sp³-hybridized carbons (Fsp3) is 0.0385. The normalized spacial score (nSPS) is 10.7. The number of benzene rings is 8. The van der Waals surface area contributed by atoms with E-state index >= 15 is 0 Å². The maximum absolute atomic E-state index is 2.25. The van der Waals surface area contributed by atoms with Crippen LogP contribution in [0.2, 0.25) is 0 Å². The molecule has 0 aliphatic heterocycles. The molecule has 0 aromatic heterocycles. The van der Waals surface area contributed by atoms with Crippen molar-refractivity contribution < 1.29 is 0 Å². The van der Waals surface area contributed by atoms with E-state index in [-0.39, 0.29) is 11.8 Å². The van der Waals surface area contributed by atoms with Gasteiger partial charge in [-0.25, -0.2) is 0 Å². The molecule has 8 aromatic carbocycles. The Morgan fingerprint density at radius 1 is 0.192 bits per heavy atom. The minimum absolute atomic E-state index is 0.266. The zero-order valence-electron chi connectivity index (χ0n) is 29.2. The second kappa shape index (κ2) is 17.4. The monoisotopic (exact) mass is 666 g/mol. The zero-order chi connectivity index (χ0) is 35.2. The van der Waals surface area contributed by atoms with Gasteiger partial charge in [0.2, 0.25) is 0 Å². The summed E-state index contributed by atoms with van der Waals surface area (Å²) < 4.78 is 0. The smallest absolute Gasteiger partial charge is 0.0199 e. The van der Waals surface area contributed by atoms with Crippen molar-refractivity contribution in [3.63, 3.8) is 0 Å². The second-order valence-corrected chi connectivity index (χ2v) is 12.8. The van der Waals surface area contributed by atoms with Crippen molar-refractivity contribution in [2.75, 3.05) is 0 Å². The summed E-state index contributed by atoms with van der Waals surface area (Å²) in [7, 11) is 0. The Hall–Kier alpha value is -6.50. The highest BCUT2D eigenvalue weighted by molar-refractivity contribution is 6.04. The van der Waals surface area contributed by atoms with E-state index in [2.05, 4.69) is 243 Å². The third-order valence-corrected chi connectivity index (χ3v) is 9.47. The van der Waals surface area contributed by atoms with Gasteiger partial charge in [-0.05, 0) is 55.7 Å². The highest BCUT2D eigenvalue weighted by Crippen LogP contribution is 2.43. The molecule has 8 rings (SSSR count). The summed E-state index contributed by atoms with van der Waals surface area (Å²) in [6.07, 6.45) is 0. The summed E-state index contributed by atoms with van der Waals surface area (Å²) in [5.41, 5.74) is 12.8. The minimum Gasteiger partial charge on any atom is -0.0622 e. The summed E-state index contributed by atoms with van der Waals surface area (Å²) in [5, 5.41) is 0. The minimum atomic E-state index is 0.266. The Balaban J connectivity index is 0.000000162. The van der Waals surface area contributed by atoms with Gasteiger partial charge in [0.1, 0.15) is 0 Å². The highest BCUT2D eigenvalue weighted by Gasteiger charge is 2.27. The van der Waals surface area contributed by atoms with Crippen molar-refractivity contribution in [2.24, 2.45) is 0 Å². The SMILES string of the molecule is c1ccc(C(=C(c2ccccc2)c2ccccc2)c2ccccc2)cc1.c1ccc(C(c2ccccc2)C(c2ccccc2)c2ccccc2)cc1. The van der Waals surface area contributed by atoms with Crippen LogP contribution in [0.3, 0.4) is 0 Å². The first kappa shape index (κ1) is 34.0. The highest BCUT2D eigenvalue weighted by atomic mass is 14.3. The zero-order valence-corrected chi connectivity index (χ0v) is 29.2. The third kappa shape index (κ3) is 8.27. The molecule has 0 atom stereocenters. The van der Waals surface area contributed by atoms with Gasteiger partial charge in [0.15, 0.2) is 0 Å². The maximum Gasteiger partial charge on any atom is 0.0199 e. The fourth-order valence-electron chi connectivity index (χ4n) is 7.13. The molecular weight excluding hydrogens is 625 g/mol. The van der Waals surface area contributed by atoms with Gasteiger partial charge < -0.3 is 0 Å². The van der Waals surface area contributed by atoms with Crippen LogP contribution in [-0.4, -0.2) is 0 Å². The second-order valence-electron chi connectivity index (χ2n) is 12.8. The Bertz CT molecular complexity index is 1900. The van der Waals surface area contributed by atoms with E-state index in [9.17, 15) is 0 Å². The average Bonchev–Trinajstić information content (AvgIpc) is 3.24. The van der Waals surface area contributed by atoms with Crippen LogP contribution in [0.4, 0.5) is 0 Å². The number of hydrogen-bond acceptors (Lipinski definition) is 0. The predicted octanol–water partition coefficient (Wildman–Crippen LogP) is 13.3. The summed E-state index contributed by atoms with van der Waals surface area (Å²) in [4.78, 5) is 0.